The SMILES string of the molecule is COC(=O)CC(C)SC(C)C(=O)OC. The number of hydrogen-bond acceptors (Lipinski definition) is 5. The van der Waals surface area contributed by atoms with Crippen LogP contribution in [0.4, 0.5) is 0 Å². The summed E-state index contributed by atoms with van der Waals surface area (Å²) in [5.41, 5.74) is 0. The molecule has 14 heavy (non-hydrogen) atoms. The molecule has 0 radical (unpaired) electrons. The molecule has 4 nitrogen and oxygen atoms in total. The Labute approximate surface area is 88.3 Å². The molecule has 0 heterocycles. The van der Waals surface area contributed by atoms with Gasteiger partial charge in [0.15, 0.2) is 0 Å². The first kappa shape index (κ1) is 13.3. The van der Waals surface area contributed by atoms with Crippen LogP contribution in [0.3, 0.4) is 0 Å². The maximum atomic E-state index is 11.0. The third-order valence-electron chi connectivity index (χ3n) is 1.65. The standard InChI is InChI=1S/C9H16O4S/c1-6(5-8(10)12-3)14-7(2)9(11)13-4/h6-7H,5H2,1-4H3. The minimum absolute atomic E-state index is 0.0524. The zero-order valence-corrected chi connectivity index (χ0v) is 9.72. The zero-order chi connectivity index (χ0) is 11.1. The average molecular weight is 220 g/mol. The van der Waals surface area contributed by atoms with Crippen molar-refractivity contribution in [2.24, 2.45) is 0 Å². The summed E-state index contributed by atoms with van der Waals surface area (Å²) >= 11 is 1.40. The molecule has 2 unspecified atom stereocenters. The predicted octanol–water partition coefficient (Wildman–Crippen LogP) is 1.23. The van der Waals surface area contributed by atoms with E-state index in [1.165, 1.54) is 26.0 Å². The molecule has 0 aliphatic heterocycles. The number of ether oxygens (including phenoxy) is 2. The van der Waals surface area contributed by atoms with Gasteiger partial charge >= 0.3 is 11.9 Å². The minimum atomic E-state index is -0.272. The van der Waals surface area contributed by atoms with Crippen LogP contribution in [0.15, 0.2) is 0 Å². The summed E-state index contributed by atoms with van der Waals surface area (Å²) in [6.45, 7) is 3.63. The van der Waals surface area contributed by atoms with Crippen molar-refractivity contribution >= 4 is 23.7 Å². The topological polar surface area (TPSA) is 52.6 Å². The first-order valence-corrected chi connectivity index (χ1v) is 5.25. The van der Waals surface area contributed by atoms with E-state index < -0.39 is 0 Å². The Kier molecular flexibility index (Phi) is 6.36. The van der Waals surface area contributed by atoms with Crippen LogP contribution in [0.25, 0.3) is 0 Å². The zero-order valence-electron chi connectivity index (χ0n) is 8.90. The number of carbonyl (C=O) groups excluding carboxylic acids is 2. The second kappa shape index (κ2) is 6.70. The third-order valence-corrected chi connectivity index (χ3v) is 2.88. The average Bonchev–Trinajstić information content (AvgIpc) is 2.15. The highest BCUT2D eigenvalue weighted by Gasteiger charge is 2.19. The van der Waals surface area contributed by atoms with Gasteiger partial charge in [0.2, 0.25) is 0 Å². The summed E-state index contributed by atoms with van der Waals surface area (Å²) in [4.78, 5) is 21.9. The summed E-state index contributed by atoms with van der Waals surface area (Å²) in [6, 6.07) is 0. The highest BCUT2D eigenvalue weighted by atomic mass is 32.2. The fourth-order valence-corrected chi connectivity index (χ4v) is 2.07. The van der Waals surface area contributed by atoms with E-state index in [-0.39, 0.29) is 22.4 Å². The van der Waals surface area contributed by atoms with E-state index in [0.717, 1.165) is 0 Å². The van der Waals surface area contributed by atoms with Crippen molar-refractivity contribution in [3.8, 4) is 0 Å². The fraction of sp³-hybridized carbons (Fsp3) is 0.778. The first-order chi connectivity index (χ1) is 6.51. The normalized spacial score (nSPS) is 14.3. The van der Waals surface area contributed by atoms with Gasteiger partial charge in [-0.15, -0.1) is 11.8 Å². The van der Waals surface area contributed by atoms with Crippen LogP contribution in [0.2, 0.25) is 0 Å². The molecule has 0 aliphatic rings. The number of carbonyl (C=O) groups is 2. The highest BCUT2D eigenvalue weighted by Crippen LogP contribution is 2.21. The molecule has 0 rings (SSSR count). The molecule has 0 aromatic carbocycles. The number of esters is 2. The first-order valence-electron chi connectivity index (χ1n) is 4.31. The van der Waals surface area contributed by atoms with Gasteiger partial charge in [0.1, 0.15) is 0 Å². The van der Waals surface area contributed by atoms with Gasteiger partial charge in [-0.2, -0.15) is 0 Å². The van der Waals surface area contributed by atoms with Crippen LogP contribution in [-0.2, 0) is 19.1 Å². The van der Waals surface area contributed by atoms with Crippen molar-refractivity contribution in [1.29, 1.82) is 0 Å². The molecular formula is C9H16O4S. The molecule has 2 atom stereocenters. The van der Waals surface area contributed by atoms with Crippen molar-refractivity contribution in [2.45, 2.75) is 30.8 Å². The largest absolute Gasteiger partial charge is 0.469 e. The van der Waals surface area contributed by atoms with E-state index in [4.69, 9.17) is 0 Å². The van der Waals surface area contributed by atoms with Crippen molar-refractivity contribution in [1.82, 2.24) is 0 Å². The Bertz CT molecular complexity index is 205. The van der Waals surface area contributed by atoms with Crippen LogP contribution >= 0.6 is 11.8 Å². The Morgan fingerprint density at radius 2 is 1.79 bits per heavy atom. The van der Waals surface area contributed by atoms with E-state index in [2.05, 4.69) is 9.47 Å². The minimum Gasteiger partial charge on any atom is -0.469 e. The molecular weight excluding hydrogens is 204 g/mol. The number of methoxy groups -OCH3 is 2. The second-order valence-corrected chi connectivity index (χ2v) is 4.68. The Morgan fingerprint density at radius 1 is 1.21 bits per heavy atom. The fourth-order valence-electron chi connectivity index (χ4n) is 0.936. The maximum absolute atomic E-state index is 11.0. The summed E-state index contributed by atoms with van der Waals surface area (Å²) in [5.74, 6) is -0.534. The quantitative estimate of drug-likeness (QED) is 0.652. The highest BCUT2D eigenvalue weighted by molar-refractivity contribution is 8.01. The van der Waals surface area contributed by atoms with Gasteiger partial charge < -0.3 is 9.47 Å². The lowest BCUT2D eigenvalue weighted by Crippen LogP contribution is -2.19. The van der Waals surface area contributed by atoms with Crippen LogP contribution in [0, 0.1) is 0 Å². The molecule has 0 saturated carbocycles. The molecule has 0 aliphatic carbocycles. The predicted molar refractivity (Wildman–Crippen MR) is 55.2 cm³/mol. The van der Waals surface area contributed by atoms with Gasteiger partial charge in [-0.3, -0.25) is 9.59 Å². The molecule has 82 valence electrons. The van der Waals surface area contributed by atoms with Crippen molar-refractivity contribution in [2.75, 3.05) is 14.2 Å². The van der Waals surface area contributed by atoms with Gasteiger partial charge in [0.05, 0.1) is 25.9 Å². The summed E-state index contributed by atoms with van der Waals surface area (Å²) < 4.78 is 9.09. The Morgan fingerprint density at radius 3 is 2.21 bits per heavy atom. The Balaban J connectivity index is 3.87. The van der Waals surface area contributed by atoms with Gasteiger partial charge in [-0.1, -0.05) is 6.92 Å². The number of thioether (sulfide) groups is 1. The van der Waals surface area contributed by atoms with Gasteiger partial charge in [-0.25, -0.2) is 0 Å². The molecule has 0 amide bonds. The second-order valence-electron chi connectivity index (χ2n) is 2.89. The molecule has 0 aromatic rings. The third kappa shape index (κ3) is 5.11. The summed E-state index contributed by atoms with van der Waals surface area (Å²) in [7, 11) is 2.70. The van der Waals surface area contributed by atoms with Crippen LogP contribution in [-0.4, -0.2) is 36.7 Å². The van der Waals surface area contributed by atoms with Gasteiger partial charge in [0.25, 0.3) is 0 Å². The van der Waals surface area contributed by atoms with Gasteiger partial charge in [0, 0.05) is 5.25 Å². The number of rotatable bonds is 5. The van der Waals surface area contributed by atoms with Crippen molar-refractivity contribution in [3.05, 3.63) is 0 Å². The van der Waals surface area contributed by atoms with E-state index in [9.17, 15) is 9.59 Å². The lowest BCUT2D eigenvalue weighted by Gasteiger charge is -2.13. The molecule has 0 N–H and O–H groups in total. The molecule has 5 heteroatoms. The molecule has 0 bridgehead atoms. The van der Waals surface area contributed by atoms with Gasteiger partial charge in [-0.05, 0) is 6.92 Å². The smallest absolute Gasteiger partial charge is 0.318 e. The maximum Gasteiger partial charge on any atom is 0.318 e. The van der Waals surface area contributed by atoms with E-state index in [0.29, 0.717) is 6.42 Å². The van der Waals surface area contributed by atoms with E-state index >= 15 is 0 Å². The summed E-state index contributed by atoms with van der Waals surface area (Å²) in [6.07, 6.45) is 0.308. The van der Waals surface area contributed by atoms with E-state index in [1.54, 1.807) is 6.92 Å². The van der Waals surface area contributed by atoms with Crippen molar-refractivity contribution < 1.29 is 19.1 Å². The van der Waals surface area contributed by atoms with Crippen LogP contribution < -0.4 is 0 Å². The lowest BCUT2D eigenvalue weighted by atomic mass is 10.3. The summed E-state index contributed by atoms with van der Waals surface area (Å²) in [5, 5.41) is -0.198. The lowest BCUT2D eigenvalue weighted by molar-refractivity contribution is -0.141. The van der Waals surface area contributed by atoms with E-state index in [1.807, 2.05) is 6.92 Å². The van der Waals surface area contributed by atoms with Crippen LogP contribution in [0.5, 0.6) is 0 Å². The number of hydrogen-bond donors (Lipinski definition) is 0. The van der Waals surface area contributed by atoms with Crippen molar-refractivity contribution in [3.63, 3.8) is 0 Å². The molecule has 0 aromatic heterocycles. The molecule has 0 fully saturated rings. The Hall–Kier alpha value is -0.710. The molecule has 0 saturated heterocycles. The van der Waals surface area contributed by atoms with Crippen LogP contribution in [0.1, 0.15) is 20.3 Å². The molecule has 0 spiro atoms. The monoisotopic (exact) mass is 220 g/mol.